The van der Waals surface area contributed by atoms with Crippen molar-refractivity contribution in [3.63, 3.8) is 0 Å². The molecule has 1 aromatic heterocycles. The van der Waals surface area contributed by atoms with Crippen molar-refractivity contribution in [2.24, 2.45) is 11.8 Å². The average molecular weight is 283 g/mol. The Bertz CT molecular complexity index is 354. The van der Waals surface area contributed by atoms with Gasteiger partial charge in [0.05, 0.1) is 0 Å². The fourth-order valence-electron chi connectivity index (χ4n) is 2.29. The number of piperidine rings is 1. The minimum Gasteiger partial charge on any atom is -0.299 e. The summed E-state index contributed by atoms with van der Waals surface area (Å²) < 4.78 is 1.07. The van der Waals surface area contributed by atoms with Gasteiger partial charge in [-0.2, -0.15) is 0 Å². The lowest BCUT2D eigenvalue weighted by atomic mass is 9.88. The van der Waals surface area contributed by atoms with Gasteiger partial charge in [-0.25, -0.2) is 0 Å². The minimum atomic E-state index is 0.814. The van der Waals surface area contributed by atoms with Gasteiger partial charge in [0.25, 0.3) is 0 Å². The van der Waals surface area contributed by atoms with E-state index in [4.69, 9.17) is 0 Å². The van der Waals surface area contributed by atoms with Crippen LogP contribution in [0.15, 0.2) is 22.9 Å². The van der Waals surface area contributed by atoms with E-state index in [0.29, 0.717) is 0 Å². The first-order valence-corrected chi connectivity index (χ1v) is 6.76. The molecule has 1 aliphatic rings. The molecular weight excluding hydrogens is 264 g/mol. The molecule has 2 atom stereocenters. The molecule has 1 aliphatic heterocycles. The summed E-state index contributed by atoms with van der Waals surface area (Å²) in [4.78, 5) is 6.75. The predicted molar refractivity (Wildman–Crippen MR) is 70.2 cm³/mol. The van der Waals surface area contributed by atoms with Crippen LogP contribution in [-0.4, -0.2) is 23.0 Å². The molecule has 0 radical (unpaired) electrons. The Kier molecular flexibility index (Phi) is 3.98. The number of likely N-dealkylation sites (tertiary alicyclic amines) is 1. The zero-order chi connectivity index (χ0) is 11.5. The van der Waals surface area contributed by atoms with Crippen molar-refractivity contribution in [3.8, 4) is 0 Å². The molecule has 1 fully saturated rings. The van der Waals surface area contributed by atoms with Crippen LogP contribution in [0.25, 0.3) is 0 Å². The van der Waals surface area contributed by atoms with Crippen LogP contribution in [0.5, 0.6) is 0 Å². The maximum atomic E-state index is 4.21. The number of rotatable bonds is 2. The van der Waals surface area contributed by atoms with Crippen LogP contribution in [0.3, 0.4) is 0 Å². The summed E-state index contributed by atoms with van der Waals surface area (Å²) >= 11 is 3.47. The zero-order valence-electron chi connectivity index (χ0n) is 9.99. The summed E-state index contributed by atoms with van der Waals surface area (Å²) in [5, 5.41) is 0. The number of halogens is 1. The van der Waals surface area contributed by atoms with Gasteiger partial charge in [0.2, 0.25) is 0 Å². The van der Waals surface area contributed by atoms with Gasteiger partial charge in [0.15, 0.2) is 0 Å². The third-order valence-electron chi connectivity index (χ3n) is 3.59. The summed E-state index contributed by atoms with van der Waals surface area (Å²) in [5.74, 6) is 1.69. The smallest absolute Gasteiger partial charge is 0.0410 e. The van der Waals surface area contributed by atoms with Gasteiger partial charge in [-0.15, -0.1) is 0 Å². The van der Waals surface area contributed by atoms with E-state index in [1.54, 1.807) is 0 Å². The Labute approximate surface area is 106 Å². The quantitative estimate of drug-likeness (QED) is 0.827. The van der Waals surface area contributed by atoms with Crippen LogP contribution in [0.1, 0.15) is 25.8 Å². The van der Waals surface area contributed by atoms with E-state index in [1.165, 1.54) is 25.1 Å². The van der Waals surface area contributed by atoms with Crippen LogP contribution in [-0.2, 0) is 6.54 Å². The Hall–Kier alpha value is -0.410. The third kappa shape index (κ3) is 3.05. The van der Waals surface area contributed by atoms with Crippen LogP contribution in [0, 0.1) is 11.8 Å². The zero-order valence-corrected chi connectivity index (χ0v) is 11.6. The monoisotopic (exact) mass is 282 g/mol. The highest BCUT2D eigenvalue weighted by Crippen LogP contribution is 2.23. The molecule has 0 aliphatic carbocycles. The van der Waals surface area contributed by atoms with Crippen LogP contribution in [0.2, 0.25) is 0 Å². The fraction of sp³-hybridized carbons (Fsp3) is 0.615. The molecule has 2 unspecified atom stereocenters. The molecule has 1 saturated heterocycles. The largest absolute Gasteiger partial charge is 0.299 e. The van der Waals surface area contributed by atoms with E-state index in [-0.39, 0.29) is 0 Å². The molecule has 2 nitrogen and oxygen atoms in total. The predicted octanol–water partition coefficient (Wildman–Crippen LogP) is 3.32. The number of hydrogen-bond acceptors (Lipinski definition) is 2. The van der Waals surface area contributed by atoms with Gasteiger partial charge in [-0.05, 0) is 52.4 Å². The second kappa shape index (κ2) is 5.28. The topological polar surface area (TPSA) is 16.1 Å². The molecule has 0 spiro atoms. The van der Waals surface area contributed by atoms with Crippen molar-refractivity contribution in [2.45, 2.75) is 26.8 Å². The first-order chi connectivity index (χ1) is 7.65. The summed E-state index contributed by atoms with van der Waals surface area (Å²) in [7, 11) is 0. The SMILES string of the molecule is CC1CCN(Cc2cncc(Br)c2)CC1C. The molecule has 0 saturated carbocycles. The standard InChI is InChI=1S/C13H19BrN2/c1-10-3-4-16(8-11(10)2)9-12-5-13(14)7-15-6-12/h5-7,10-11H,3-4,8-9H2,1-2H3. The molecule has 88 valence electrons. The summed E-state index contributed by atoms with van der Waals surface area (Å²) in [6, 6.07) is 2.16. The van der Waals surface area contributed by atoms with Crippen molar-refractivity contribution in [1.82, 2.24) is 9.88 Å². The lowest BCUT2D eigenvalue weighted by molar-refractivity contribution is 0.132. The van der Waals surface area contributed by atoms with Crippen molar-refractivity contribution in [1.29, 1.82) is 0 Å². The number of nitrogens with zero attached hydrogens (tertiary/aromatic N) is 2. The highest BCUT2D eigenvalue weighted by molar-refractivity contribution is 9.10. The minimum absolute atomic E-state index is 0.814. The Morgan fingerprint density at radius 1 is 1.38 bits per heavy atom. The van der Waals surface area contributed by atoms with Crippen LogP contribution in [0.4, 0.5) is 0 Å². The molecule has 1 aromatic rings. The maximum Gasteiger partial charge on any atom is 0.0410 e. The Morgan fingerprint density at radius 3 is 2.88 bits per heavy atom. The first-order valence-electron chi connectivity index (χ1n) is 5.97. The van der Waals surface area contributed by atoms with E-state index in [1.807, 2.05) is 12.4 Å². The molecule has 2 heterocycles. The van der Waals surface area contributed by atoms with E-state index >= 15 is 0 Å². The van der Waals surface area contributed by atoms with Gasteiger partial charge in [0, 0.05) is 30.0 Å². The Balaban J connectivity index is 1.95. The lowest BCUT2D eigenvalue weighted by Gasteiger charge is -2.35. The highest BCUT2D eigenvalue weighted by Gasteiger charge is 2.22. The lowest BCUT2D eigenvalue weighted by Crippen LogP contribution is -2.37. The van der Waals surface area contributed by atoms with E-state index in [2.05, 4.69) is 45.7 Å². The second-order valence-electron chi connectivity index (χ2n) is 4.99. The van der Waals surface area contributed by atoms with Gasteiger partial charge >= 0.3 is 0 Å². The molecule has 0 N–H and O–H groups in total. The fourth-order valence-corrected chi connectivity index (χ4v) is 2.71. The maximum absolute atomic E-state index is 4.21. The normalized spacial score (nSPS) is 26.9. The number of hydrogen-bond donors (Lipinski definition) is 0. The molecular formula is C13H19BrN2. The van der Waals surface area contributed by atoms with Gasteiger partial charge in [-0.1, -0.05) is 13.8 Å². The van der Waals surface area contributed by atoms with Crippen molar-refractivity contribution >= 4 is 15.9 Å². The third-order valence-corrected chi connectivity index (χ3v) is 4.02. The number of pyridine rings is 1. The van der Waals surface area contributed by atoms with Gasteiger partial charge < -0.3 is 0 Å². The summed E-state index contributed by atoms with van der Waals surface area (Å²) in [5.41, 5.74) is 1.30. The first kappa shape index (κ1) is 12.1. The van der Waals surface area contributed by atoms with Crippen LogP contribution >= 0.6 is 15.9 Å². The van der Waals surface area contributed by atoms with E-state index in [9.17, 15) is 0 Å². The highest BCUT2D eigenvalue weighted by atomic mass is 79.9. The second-order valence-corrected chi connectivity index (χ2v) is 5.91. The van der Waals surface area contributed by atoms with Crippen molar-refractivity contribution in [3.05, 3.63) is 28.5 Å². The average Bonchev–Trinajstić information content (AvgIpc) is 2.24. The molecule has 3 heteroatoms. The number of aromatic nitrogens is 1. The molecule has 16 heavy (non-hydrogen) atoms. The molecule has 0 bridgehead atoms. The molecule has 0 aromatic carbocycles. The summed E-state index contributed by atoms with van der Waals surface area (Å²) in [6.45, 7) is 8.19. The van der Waals surface area contributed by atoms with Gasteiger partial charge in [-0.3, -0.25) is 9.88 Å². The molecule has 0 amide bonds. The van der Waals surface area contributed by atoms with Crippen molar-refractivity contribution < 1.29 is 0 Å². The van der Waals surface area contributed by atoms with E-state index < -0.39 is 0 Å². The van der Waals surface area contributed by atoms with E-state index in [0.717, 1.165) is 22.9 Å². The Morgan fingerprint density at radius 2 is 2.19 bits per heavy atom. The summed E-state index contributed by atoms with van der Waals surface area (Å²) in [6.07, 6.45) is 5.13. The van der Waals surface area contributed by atoms with Crippen LogP contribution < -0.4 is 0 Å². The van der Waals surface area contributed by atoms with Crippen molar-refractivity contribution in [2.75, 3.05) is 13.1 Å². The molecule has 2 rings (SSSR count). The van der Waals surface area contributed by atoms with Gasteiger partial charge in [0.1, 0.15) is 0 Å².